The zero-order valence-corrected chi connectivity index (χ0v) is 9.06. The molecule has 0 atom stereocenters. The Kier molecular flexibility index (Phi) is 2.02. The Balaban J connectivity index is 2.05. The molecule has 5 nitrogen and oxygen atoms in total. The van der Waals surface area contributed by atoms with E-state index in [1.165, 1.54) is 16.9 Å². The highest BCUT2D eigenvalue weighted by molar-refractivity contribution is 7.78. The molecule has 1 fully saturated rings. The molecule has 3 rings (SSSR count). The second-order valence-electron chi connectivity index (χ2n) is 3.67. The summed E-state index contributed by atoms with van der Waals surface area (Å²) in [6, 6.07) is 0. The Morgan fingerprint density at radius 3 is 2.80 bits per heavy atom. The third-order valence-electron chi connectivity index (χ3n) is 2.68. The fraction of sp³-hybridized carbons (Fsp3) is 0.444. The quantitative estimate of drug-likeness (QED) is 0.733. The molecule has 0 aromatic carbocycles. The molecule has 0 radical (unpaired) electrons. The molecule has 0 amide bonds. The summed E-state index contributed by atoms with van der Waals surface area (Å²) in [6.45, 7) is 2.11. The number of thiol groups is 1. The average molecular weight is 221 g/mol. The molecule has 2 aromatic rings. The molecule has 1 aliphatic rings. The summed E-state index contributed by atoms with van der Waals surface area (Å²) in [5.74, 6) is 0.807. The molecule has 6 heteroatoms. The molecule has 0 spiro atoms. The van der Waals surface area contributed by atoms with Crippen LogP contribution in [0.4, 0.5) is 5.95 Å². The van der Waals surface area contributed by atoms with Gasteiger partial charge in [-0.15, -0.1) is 0 Å². The molecular formula is C9H11N5S. The lowest BCUT2D eigenvalue weighted by atomic mass is 10.4. The molecule has 0 saturated carbocycles. The van der Waals surface area contributed by atoms with Crippen LogP contribution in [0.3, 0.4) is 0 Å². The first-order chi connectivity index (χ1) is 7.34. The van der Waals surface area contributed by atoms with E-state index in [0.29, 0.717) is 0 Å². The minimum Gasteiger partial charge on any atom is -0.341 e. The van der Waals surface area contributed by atoms with Crippen LogP contribution in [0.25, 0.3) is 11.0 Å². The number of hydrogen-bond acceptors (Lipinski definition) is 5. The average Bonchev–Trinajstić information content (AvgIpc) is 2.88. The Hall–Kier alpha value is -1.30. The van der Waals surface area contributed by atoms with Crippen LogP contribution in [0.1, 0.15) is 12.8 Å². The number of hydrogen-bond donors (Lipinski definition) is 1. The first kappa shape index (κ1) is 8.96. The number of fused-ring (bicyclic) bond motifs is 1. The monoisotopic (exact) mass is 221 g/mol. The Morgan fingerprint density at radius 1 is 1.20 bits per heavy atom. The first-order valence-corrected chi connectivity index (χ1v) is 5.39. The van der Waals surface area contributed by atoms with E-state index in [4.69, 9.17) is 0 Å². The van der Waals surface area contributed by atoms with E-state index in [9.17, 15) is 0 Å². The molecule has 0 N–H and O–H groups in total. The van der Waals surface area contributed by atoms with Crippen molar-refractivity contribution in [2.45, 2.75) is 12.8 Å². The van der Waals surface area contributed by atoms with Crippen molar-refractivity contribution in [1.82, 2.24) is 19.2 Å². The molecule has 1 aliphatic heterocycles. The lowest BCUT2D eigenvalue weighted by Crippen LogP contribution is -2.20. The second kappa shape index (κ2) is 3.37. The molecule has 0 bridgehead atoms. The predicted octanol–water partition coefficient (Wildman–Crippen LogP) is 1.12. The zero-order chi connectivity index (χ0) is 10.3. The highest BCUT2D eigenvalue weighted by Gasteiger charge is 2.15. The van der Waals surface area contributed by atoms with Gasteiger partial charge in [0.05, 0.1) is 12.4 Å². The smallest absolute Gasteiger partial charge is 0.226 e. The van der Waals surface area contributed by atoms with Crippen molar-refractivity contribution in [3.05, 3.63) is 12.4 Å². The van der Waals surface area contributed by atoms with Crippen LogP contribution >= 0.6 is 12.8 Å². The summed E-state index contributed by atoms with van der Waals surface area (Å²) in [5, 5.41) is 4.02. The molecule has 1 saturated heterocycles. The predicted molar refractivity (Wildman–Crippen MR) is 61.2 cm³/mol. The SMILES string of the molecule is Sn1ncc2nc(N3CCCC3)ncc21. The number of rotatable bonds is 1. The lowest BCUT2D eigenvalue weighted by Gasteiger charge is -2.13. The molecule has 78 valence electrons. The van der Waals surface area contributed by atoms with Gasteiger partial charge in [-0.1, -0.05) is 0 Å². The van der Waals surface area contributed by atoms with Crippen LogP contribution in [0, 0.1) is 0 Å². The van der Waals surface area contributed by atoms with Crippen molar-refractivity contribution in [3.8, 4) is 0 Å². The fourth-order valence-corrected chi connectivity index (χ4v) is 2.07. The number of anilines is 1. The van der Waals surface area contributed by atoms with E-state index in [2.05, 4.69) is 32.8 Å². The van der Waals surface area contributed by atoms with E-state index >= 15 is 0 Å². The van der Waals surface area contributed by atoms with E-state index in [0.717, 1.165) is 30.1 Å². The van der Waals surface area contributed by atoms with Gasteiger partial charge in [-0.3, -0.25) is 0 Å². The van der Waals surface area contributed by atoms with Gasteiger partial charge < -0.3 is 4.90 Å². The Labute approximate surface area is 92.7 Å². The van der Waals surface area contributed by atoms with Gasteiger partial charge >= 0.3 is 0 Å². The maximum atomic E-state index is 4.46. The van der Waals surface area contributed by atoms with Crippen LogP contribution in [0.2, 0.25) is 0 Å². The van der Waals surface area contributed by atoms with E-state index in [-0.39, 0.29) is 0 Å². The van der Waals surface area contributed by atoms with E-state index in [1.807, 2.05) is 0 Å². The summed E-state index contributed by atoms with van der Waals surface area (Å²) >= 11 is 4.16. The standard InChI is InChI=1S/C9H11N5S/c15-14-8-6-10-9(12-7(8)5-11-14)13-3-1-2-4-13/h5-6,15H,1-4H2. The molecule has 15 heavy (non-hydrogen) atoms. The van der Waals surface area contributed by atoms with Gasteiger partial charge in [0.2, 0.25) is 5.95 Å². The number of nitrogens with zero attached hydrogens (tertiary/aromatic N) is 5. The van der Waals surface area contributed by atoms with Gasteiger partial charge in [-0.25, -0.2) is 14.1 Å². The molecule has 2 aromatic heterocycles. The molecular weight excluding hydrogens is 210 g/mol. The maximum absolute atomic E-state index is 4.46. The zero-order valence-electron chi connectivity index (χ0n) is 8.17. The van der Waals surface area contributed by atoms with Gasteiger partial charge in [0.15, 0.2) is 0 Å². The minimum atomic E-state index is 0.807. The lowest BCUT2D eigenvalue weighted by molar-refractivity contribution is 0.907. The first-order valence-electron chi connectivity index (χ1n) is 4.99. The third kappa shape index (κ3) is 1.45. The van der Waals surface area contributed by atoms with Gasteiger partial charge in [-0.05, 0) is 25.7 Å². The summed E-state index contributed by atoms with van der Waals surface area (Å²) in [4.78, 5) is 11.0. The van der Waals surface area contributed by atoms with Crippen LogP contribution in [-0.4, -0.2) is 32.2 Å². The van der Waals surface area contributed by atoms with Crippen molar-refractivity contribution in [3.63, 3.8) is 0 Å². The fourth-order valence-electron chi connectivity index (χ4n) is 1.87. The van der Waals surface area contributed by atoms with Crippen molar-refractivity contribution in [2.24, 2.45) is 0 Å². The maximum Gasteiger partial charge on any atom is 0.226 e. The summed E-state index contributed by atoms with van der Waals surface area (Å²) in [5.41, 5.74) is 1.70. The van der Waals surface area contributed by atoms with Crippen LogP contribution in [-0.2, 0) is 0 Å². The topological polar surface area (TPSA) is 46.8 Å². The Morgan fingerprint density at radius 2 is 2.00 bits per heavy atom. The second-order valence-corrected chi connectivity index (χ2v) is 4.05. The van der Waals surface area contributed by atoms with Crippen molar-refractivity contribution in [2.75, 3.05) is 18.0 Å². The highest BCUT2D eigenvalue weighted by Crippen LogP contribution is 2.18. The van der Waals surface area contributed by atoms with Crippen molar-refractivity contribution in [1.29, 1.82) is 0 Å². The van der Waals surface area contributed by atoms with E-state index < -0.39 is 0 Å². The molecule has 3 heterocycles. The normalized spacial score (nSPS) is 16.5. The minimum absolute atomic E-state index is 0.807. The van der Waals surface area contributed by atoms with Crippen molar-refractivity contribution < 1.29 is 0 Å². The molecule has 0 unspecified atom stereocenters. The van der Waals surface area contributed by atoms with Gasteiger partial charge in [0, 0.05) is 13.1 Å². The summed E-state index contributed by atoms with van der Waals surface area (Å²) in [7, 11) is 0. The molecule has 0 aliphatic carbocycles. The van der Waals surface area contributed by atoms with Gasteiger partial charge in [0.1, 0.15) is 11.0 Å². The summed E-state index contributed by atoms with van der Waals surface area (Å²) < 4.78 is 1.49. The van der Waals surface area contributed by atoms with Crippen molar-refractivity contribution >= 4 is 29.8 Å². The van der Waals surface area contributed by atoms with E-state index in [1.54, 1.807) is 12.4 Å². The number of aromatic nitrogens is 4. The largest absolute Gasteiger partial charge is 0.341 e. The summed E-state index contributed by atoms with van der Waals surface area (Å²) in [6.07, 6.45) is 5.94. The highest BCUT2D eigenvalue weighted by atomic mass is 32.1. The van der Waals surface area contributed by atoms with Crippen LogP contribution in [0.5, 0.6) is 0 Å². The van der Waals surface area contributed by atoms with Crippen LogP contribution in [0.15, 0.2) is 12.4 Å². The van der Waals surface area contributed by atoms with Gasteiger partial charge in [-0.2, -0.15) is 5.10 Å². The third-order valence-corrected chi connectivity index (χ3v) is 3.00. The van der Waals surface area contributed by atoms with Crippen LogP contribution < -0.4 is 4.90 Å². The Bertz CT molecular complexity index is 488. The van der Waals surface area contributed by atoms with Gasteiger partial charge in [0.25, 0.3) is 0 Å².